The van der Waals surface area contributed by atoms with Gasteiger partial charge < -0.3 is 9.80 Å². The second kappa shape index (κ2) is 8.25. The maximum absolute atomic E-state index is 12.0. The van der Waals surface area contributed by atoms with Crippen LogP contribution in [-0.4, -0.2) is 54.2 Å². The van der Waals surface area contributed by atoms with Gasteiger partial charge in [0.15, 0.2) is 0 Å². The van der Waals surface area contributed by atoms with Crippen molar-refractivity contribution in [3.05, 3.63) is 0 Å². The van der Waals surface area contributed by atoms with E-state index in [1.165, 1.54) is 0 Å². The van der Waals surface area contributed by atoms with E-state index in [-0.39, 0.29) is 11.7 Å². The van der Waals surface area contributed by atoms with Crippen LogP contribution >= 0.6 is 0 Å². The zero-order chi connectivity index (χ0) is 13.4. The quantitative estimate of drug-likeness (QED) is 0.694. The third kappa shape index (κ3) is 5.17. The summed E-state index contributed by atoms with van der Waals surface area (Å²) in [5, 5.41) is 0. The summed E-state index contributed by atoms with van der Waals surface area (Å²) in [5.74, 6) is 0.498. The number of hydrogen-bond acceptors (Lipinski definition) is 3. The lowest BCUT2D eigenvalue weighted by Crippen LogP contribution is -2.40. The smallest absolute Gasteiger partial charge is 0.223 e. The van der Waals surface area contributed by atoms with Gasteiger partial charge in [-0.15, -0.1) is 0 Å². The molecule has 0 aromatic carbocycles. The first kappa shape index (κ1) is 15.2. The second-order valence-corrected chi connectivity index (χ2v) is 5.01. The van der Waals surface area contributed by atoms with E-state index >= 15 is 0 Å². The molecule has 4 nitrogen and oxygen atoms in total. The van der Waals surface area contributed by atoms with Crippen molar-refractivity contribution in [1.82, 2.24) is 9.80 Å². The third-order valence-electron chi connectivity index (χ3n) is 3.40. The lowest BCUT2D eigenvalue weighted by molar-refractivity contribution is -0.134. The molecule has 4 heteroatoms. The zero-order valence-corrected chi connectivity index (χ0v) is 11.8. The molecule has 0 spiro atoms. The topological polar surface area (TPSA) is 40.6 Å². The van der Waals surface area contributed by atoms with E-state index in [2.05, 4.69) is 18.7 Å². The maximum atomic E-state index is 12.0. The molecule has 1 fully saturated rings. The number of hydrogen-bond donors (Lipinski definition) is 0. The van der Waals surface area contributed by atoms with Gasteiger partial charge in [-0.3, -0.25) is 9.59 Å². The zero-order valence-electron chi connectivity index (χ0n) is 11.8. The summed E-state index contributed by atoms with van der Waals surface area (Å²) in [7, 11) is 0. The van der Waals surface area contributed by atoms with E-state index in [0.29, 0.717) is 32.4 Å². The van der Waals surface area contributed by atoms with Crippen molar-refractivity contribution in [2.24, 2.45) is 0 Å². The molecule has 0 radical (unpaired) electrons. The standard InChI is InChI=1S/C14H26N2O2/c1-3-8-15(9-4-2)10-7-14(18)16-11-5-13(17)6-12-16/h3-12H2,1-2H3. The van der Waals surface area contributed by atoms with Gasteiger partial charge in [0, 0.05) is 38.9 Å². The molecule has 0 aromatic rings. The Morgan fingerprint density at radius 1 is 1.11 bits per heavy atom. The van der Waals surface area contributed by atoms with Crippen LogP contribution in [0.3, 0.4) is 0 Å². The molecule has 18 heavy (non-hydrogen) atoms. The first-order chi connectivity index (χ1) is 8.67. The van der Waals surface area contributed by atoms with E-state index in [9.17, 15) is 9.59 Å². The second-order valence-electron chi connectivity index (χ2n) is 5.01. The predicted octanol–water partition coefficient (Wildman–Crippen LogP) is 1.69. The molecule has 1 rings (SSSR count). The van der Waals surface area contributed by atoms with Crippen LogP contribution in [0, 0.1) is 0 Å². The molecule has 0 saturated carbocycles. The van der Waals surface area contributed by atoms with Gasteiger partial charge in [0.05, 0.1) is 0 Å². The fourth-order valence-electron chi connectivity index (χ4n) is 2.39. The van der Waals surface area contributed by atoms with Crippen LogP contribution in [0.2, 0.25) is 0 Å². The van der Waals surface area contributed by atoms with Gasteiger partial charge in [-0.2, -0.15) is 0 Å². The third-order valence-corrected chi connectivity index (χ3v) is 3.40. The van der Waals surface area contributed by atoms with Gasteiger partial charge in [-0.25, -0.2) is 0 Å². The summed E-state index contributed by atoms with van der Waals surface area (Å²) < 4.78 is 0. The Morgan fingerprint density at radius 2 is 1.67 bits per heavy atom. The van der Waals surface area contributed by atoms with Gasteiger partial charge in [0.1, 0.15) is 5.78 Å². The molecule has 0 N–H and O–H groups in total. The first-order valence-corrected chi connectivity index (χ1v) is 7.19. The molecule has 1 saturated heterocycles. The molecule has 1 aliphatic rings. The van der Waals surface area contributed by atoms with Crippen LogP contribution in [-0.2, 0) is 9.59 Å². The summed E-state index contributed by atoms with van der Waals surface area (Å²) in [4.78, 5) is 27.3. The highest BCUT2D eigenvalue weighted by Gasteiger charge is 2.20. The van der Waals surface area contributed by atoms with Crippen molar-refractivity contribution >= 4 is 11.7 Å². The minimum atomic E-state index is 0.208. The molecule has 0 aliphatic carbocycles. The van der Waals surface area contributed by atoms with Crippen LogP contribution in [0.25, 0.3) is 0 Å². The number of Topliss-reactive ketones (excluding diaryl/α,β-unsaturated/α-hetero) is 1. The van der Waals surface area contributed by atoms with Crippen molar-refractivity contribution in [3.63, 3.8) is 0 Å². The SMILES string of the molecule is CCCN(CCC)CCC(=O)N1CCC(=O)CC1. The number of amides is 1. The van der Waals surface area contributed by atoms with E-state index in [4.69, 9.17) is 0 Å². The summed E-state index contributed by atoms with van der Waals surface area (Å²) in [6.07, 6.45) is 3.94. The molecule has 1 heterocycles. The van der Waals surface area contributed by atoms with Crippen molar-refractivity contribution in [2.75, 3.05) is 32.7 Å². The number of carbonyl (C=O) groups is 2. The Hall–Kier alpha value is -0.900. The number of rotatable bonds is 7. The van der Waals surface area contributed by atoms with Crippen LogP contribution < -0.4 is 0 Å². The molecule has 1 aliphatic heterocycles. The molecule has 0 bridgehead atoms. The Kier molecular flexibility index (Phi) is 6.94. The van der Waals surface area contributed by atoms with E-state index in [0.717, 1.165) is 32.5 Å². The molecule has 0 unspecified atom stereocenters. The summed E-state index contributed by atoms with van der Waals surface area (Å²) in [6.45, 7) is 8.57. The molecule has 0 aromatic heterocycles. The van der Waals surface area contributed by atoms with Crippen molar-refractivity contribution in [3.8, 4) is 0 Å². The fraction of sp³-hybridized carbons (Fsp3) is 0.857. The van der Waals surface area contributed by atoms with E-state index < -0.39 is 0 Å². The van der Waals surface area contributed by atoms with Crippen LogP contribution in [0.4, 0.5) is 0 Å². The Labute approximate surface area is 110 Å². The van der Waals surface area contributed by atoms with Gasteiger partial charge in [0.2, 0.25) is 5.91 Å². The fourth-order valence-corrected chi connectivity index (χ4v) is 2.39. The lowest BCUT2D eigenvalue weighted by Gasteiger charge is -2.27. The van der Waals surface area contributed by atoms with Gasteiger partial charge in [0.25, 0.3) is 0 Å². The van der Waals surface area contributed by atoms with Gasteiger partial charge >= 0.3 is 0 Å². The highest BCUT2D eigenvalue weighted by molar-refractivity contribution is 5.83. The minimum Gasteiger partial charge on any atom is -0.342 e. The highest BCUT2D eigenvalue weighted by Crippen LogP contribution is 2.08. The van der Waals surface area contributed by atoms with Gasteiger partial charge in [-0.05, 0) is 25.9 Å². The number of nitrogens with zero attached hydrogens (tertiary/aromatic N) is 2. The highest BCUT2D eigenvalue weighted by atomic mass is 16.2. The Balaban J connectivity index is 2.28. The van der Waals surface area contributed by atoms with E-state index in [1.807, 2.05) is 4.90 Å². The average Bonchev–Trinajstić information content (AvgIpc) is 2.37. The molecule has 1 amide bonds. The van der Waals surface area contributed by atoms with Crippen LogP contribution in [0.15, 0.2) is 0 Å². The number of likely N-dealkylation sites (tertiary alicyclic amines) is 1. The number of piperidine rings is 1. The van der Waals surface area contributed by atoms with Crippen LogP contribution in [0.5, 0.6) is 0 Å². The maximum Gasteiger partial charge on any atom is 0.223 e. The number of carbonyl (C=O) groups excluding carboxylic acids is 2. The average molecular weight is 254 g/mol. The molecule has 0 atom stereocenters. The Morgan fingerprint density at radius 3 is 2.17 bits per heavy atom. The van der Waals surface area contributed by atoms with Gasteiger partial charge in [-0.1, -0.05) is 13.8 Å². The predicted molar refractivity (Wildman–Crippen MR) is 72.5 cm³/mol. The minimum absolute atomic E-state index is 0.208. The summed E-state index contributed by atoms with van der Waals surface area (Å²) in [5.41, 5.74) is 0. The van der Waals surface area contributed by atoms with Crippen LogP contribution in [0.1, 0.15) is 46.0 Å². The normalized spacial score (nSPS) is 16.4. The summed E-state index contributed by atoms with van der Waals surface area (Å²) >= 11 is 0. The summed E-state index contributed by atoms with van der Waals surface area (Å²) in [6, 6.07) is 0. The molecular formula is C14H26N2O2. The lowest BCUT2D eigenvalue weighted by atomic mass is 10.1. The molecular weight excluding hydrogens is 228 g/mol. The van der Waals surface area contributed by atoms with E-state index in [1.54, 1.807) is 0 Å². The monoisotopic (exact) mass is 254 g/mol. The first-order valence-electron chi connectivity index (χ1n) is 7.19. The molecule has 104 valence electrons. The van der Waals surface area contributed by atoms with Crippen molar-refractivity contribution < 1.29 is 9.59 Å². The largest absolute Gasteiger partial charge is 0.342 e. The van der Waals surface area contributed by atoms with Crippen molar-refractivity contribution in [1.29, 1.82) is 0 Å². The number of ketones is 1. The Bertz CT molecular complexity index is 263. The van der Waals surface area contributed by atoms with Crippen molar-refractivity contribution in [2.45, 2.75) is 46.0 Å².